The van der Waals surface area contributed by atoms with Crippen molar-refractivity contribution in [2.24, 2.45) is 0 Å². The molecule has 0 aliphatic heterocycles. The fourth-order valence-electron chi connectivity index (χ4n) is 4.98. The van der Waals surface area contributed by atoms with Crippen molar-refractivity contribution in [3.05, 3.63) is 77.6 Å². The Morgan fingerprint density at radius 3 is 2.30 bits per heavy atom. The molecule has 2 saturated carbocycles. The van der Waals surface area contributed by atoms with Gasteiger partial charge in [0.1, 0.15) is 5.82 Å². The molecule has 2 aliphatic rings. The molecule has 2 amide bonds. The fourth-order valence-corrected chi connectivity index (χ4v) is 4.98. The second-order valence-corrected chi connectivity index (χ2v) is 10.6. The van der Waals surface area contributed by atoms with E-state index < -0.39 is 11.7 Å². The van der Waals surface area contributed by atoms with E-state index in [0.29, 0.717) is 23.1 Å². The lowest BCUT2D eigenvalue weighted by molar-refractivity contribution is 0.0925. The highest BCUT2D eigenvalue weighted by Crippen LogP contribution is 2.30. The van der Waals surface area contributed by atoms with Crippen molar-refractivity contribution in [2.45, 2.75) is 63.6 Å². The second-order valence-electron chi connectivity index (χ2n) is 10.6. The monoisotopic (exact) mass is 542 g/mol. The predicted octanol–water partition coefficient (Wildman–Crippen LogP) is 4.55. The lowest BCUT2D eigenvalue weighted by Crippen LogP contribution is -2.40. The van der Waals surface area contributed by atoms with E-state index in [0.717, 1.165) is 56.0 Å². The third kappa shape index (κ3) is 5.73. The van der Waals surface area contributed by atoms with Gasteiger partial charge in [-0.15, -0.1) is 5.10 Å². The summed E-state index contributed by atoms with van der Waals surface area (Å²) in [6, 6.07) is 11.6. The van der Waals surface area contributed by atoms with Crippen LogP contribution >= 0.6 is 0 Å². The zero-order valence-corrected chi connectivity index (χ0v) is 22.2. The number of hydrogen-bond donors (Lipinski definition) is 4. The number of aryl methyl sites for hydroxylation is 1. The molecule has 0 radical (unpaired) electrons. The summed E-state index contributed by atoms with van der Waals surface area (Å²) in [5.41, 5.74) is 3.33. The second kappa shape index (κ2) is 10.9. The number of aromatic nitrogens is 4. The van der Waals surface area contributed by atoms with Crippen LogP contribution in [0.25, 0.3) is 5.65 Å². The molecule has 40 heavy (non-hydrogen) atoms. The SMILES string of the molecule is Cc1ccc(C(=O)NC2CCC(Nc3cc(NC4CC4)c4ncc(C(=O)Nc5ccncc5F)n4n3)CC2)cc1. The number of amides is 2. The lowest BCUT2D eigenvalue weighted by atomic mass is 9.91. The Kier molecular flexibility index (Phi) is 7.02. The number of rotatable bonds is 8. The van der Waals surface area contributed by atoms with Gasteiger partial charge < -0.3 is 21.3 Å². The van der Waals surface area contributed by atoms with Gasteiger partial charge in [0.15, 0.2) is 17.2 Å². The first-order valence-corrected chi connectivity index (χ1v) is 13.6. The van der Waals surface area contributed by atoms with E-state index in [-0.39, 0.29) is 29.4 Å². The van der Waals surface area contributed by atoms with Crippen LogP contribution < -0.4 is 21.3 Å². The minimum Gasteiger partial charge on any atom is -0.379 e. The Bertz CT molecular complexity index is 1540. The van der Waals surface area contributed by atoms with Crippen molar-refractivity contribution in [1.82, 2.24) is 24.9 Å². The van der Waals surface area contributed by atoms with E-state index in [1.807, 2.05) is 37.3 Å². The van der Waals surface area contributed by atoms with Crippen LogP contribution in [0.15, 0.2) is 55.0 Å². The van der Waals surface area contributed by atoms with Crippen molar-refractivity contribution in [3.63, 3.8) is 0 Å². The van der Waals surface area contributed by atoms with Crippen molar-refractivity contribution in [3.8, 4) is 0 Å². The van der Waals surface area contributed by atoms with Gasteiger partial charge in [0.2, 0.25) is 0 Å². The molecule has 0 bridgehead atoms. The Balaban J connectivity index is 1.15. The molecule has 0 saturated heterocycles. The smallest absolute Gasteiger partial charge is 0.276 e. The number of carbonyl (C=O) groups excluding carboxylic acids is 2. The van der Waals surface area contributed by atoms with Crippen molar-refractivity contribution >= 4 is 34.7 Å². The molecule has 0 spiro atoms. The number of fused-ring (bicyclic) bond motifs is 1. The molecule has 3 aromatic heterocycles. The van der Waals surface area contributed by atoms with Gasteiger partial charge in [-0.25, -0.2) is 13.9 Å². The standard InChI is InChI=1S/C29H31FN8O2/c1-17-2-4-18(5-3-17)28(39)35-21-10-8-20(9-11-21)34-26-14-24(33-19-6-7-19)27-32-16-25(38(27)37-26)29(40)36-23-12-13-31-15-22(23)30/h2-5,12-16,19-21,33H,6-11H2,1H3,(H,34,37)(H,35,39)(H,31,36,40). The van der Waals surface area contributed by atoms with Crippen LogP contribution in [-0.2, 0) is 0 Å². The molecule has 2 aliphatic carbocycles. The lowest BCUT2D eigenvalue weighted by Gasteiger charge is -2.30. The van der Waals surface area contributed by atoms with Crippen molar-refractivity contribution < 1.29 is 14.0 Å². The summed E-state index contributed by atoms with van der Waals surface area (Å²) < 4.78 is 15.6. The van der Waals surface area contributed by atoms with Crippen LogP contribution in [-0.4, -0.2) is 49.5 Å². The number of benzene rings is 1. The highest BCUT2D eigenvalue weighted by Gasteiger charge is 2.26. The Morgan fingerprint density at radius 2 is 1.57 bits per heavy atom. The van der Waals surface area contributed by atoms with Gasteiger partial charge >= 0.3 is 0 Å². The summed E-state index contributed by atoms with van der Waals surface area (Å²) in [5, 5.41) is 17.4. The van der Waals surface area contributed by atoms with E-state index in [9.17, 15) is 14.0 Å². The van der Waals surface area contributed by atoms with Crippen LogP contribution in [0.2, 0.25) is 0 Å². The molecule has 0 atom stereocenters. The summed E-state index contributed by atoms with van der Waals surface area (Å²) >= 11 is 0. The van der Waals surface area contributed by atoms with Crippen LogP contribution in [0.3, 0.4) is 0 Å². The third-order valence-electron chi connectivity index (χ3n) is 7.39. The number of anilines is 3. The average molecular weight is 543 g/mol. The molecule has 0 unspecified atom stereocenters. The highest BCUT2D eigenvalue weighted by molar-refractivity contribution is 6.03. The van der Waals surface area contributed by atoms with Crippen LogP contribution in [0.5, 0.6) is 0 Å². The van der Waals surface area contributed by atoms with E-state index in [1.165, 1.54) is 23.0 Å². The summed E-state index contributed by atoms with van der Waals surface area (Å²) in [5.74, 6) is -0.576. The number of carbonyl (C=O) groups is 2. The van der Waals surface area contributed by atoms with Crippen molar-refractivity contribution in [2.75, 3.05) is 16.0 Å². The molecule has 10 nitrogen and oxygen atoms in total. The summed E-state index contributed by atoms with van der Waals surface area (Å²) in [7, 11) is 0. The third-order valence-corrected chi connectivity index (χ3v) is 7.39. The van der Waals surface area contributed by atoms with Gasteiger partial charge in [0.05, 0.1) is 23.8 Å². The zero-order chi connectivity index (χ0) is 27.6. The Hall–Kier alpha value is -4.54. The summed E-state index contributed by atoms with van der Waals surface area (Å²) in [4.78, 5) is 33.9. The quantitative estimate of drug-likeness (QED) is 0.257. The minimum absolute atomic E-state index is 0.0341. The molecule has 1 aromatic carbocycles. The van der Waals surface area contributed by atoms with Gasteiger partial charge in [0, 0.05) is 36.0 Å². The molecule has 3 heterocycles. The van der Waals surface area contributed by atoms with Gasteiger partial charge in [0.25, 0.3) is 11.8 Å². The maximum Gasteiger partial charge on any atom is 0.276 e. The van der Waals surface area contributed by atoms with Gasteiger partial charge in [-0.2, -0.15) is 0 Å². The maximum atomic E-state index is 14.1. The molecule has 4 N–H and O–H groups in total. The minimum atomic E-state index is -0.623. The highest BCUT2D eigenvalue weighted by atomic mass is 19.1. The number of imidazole rings is 1. The fraction of sp³-hybridized carbons (Fsp3) is 0.345. The summed E-state index contributed by atoms with van der Waals surface area (Å²) in [6.45, 7) is 2.00. The predicted molar refractivity (Wildman–Crippen MR) is 150 cm³/mol. The Morgan fingerprint density at radius 1 is 0.875 bits per heavy atom. The van der Waals surface area contributed by atoms with E-state index in [2.05, 4.69) is 36.3 Å². The zero-order valence-electron chi connectivity index (χ0n) is 22.2. The normalized spacial score (nSPS) is 18.8. The summed E-state index contributed by atoms with van der Waals surface area (Å²) in [6.07, 6.45) is 9.47. The molecule has 6 rings (SSSR count). The average Bonchev–Trinajstić information content (AvgIpc) is 3.66. The largest absolute Gasteiger partial charge is 0.379 e. The molecular formula is C29H31FN8O2. The number of nitrogens with zero attached hydrogens (tertiary/aromatic N) is 4. The molecule has 2 fully saturated rings. The van der Waals surface area contributed by atoms with Gasteiger partial charge in [-0.3, -0.25) is 14.6 Å². The molecule has 206 valence electrons. The van der Waals surface area contributed by atoms with Crippen LogP contribution in [0.4, 0.5) is 21.6 Å². The van der Waals surface area contributed by atoms with E-state index >= 15 is 0 Å². The van der Waals surface area contributed by atoms with Gasteiger partial charge in [-0.1, -0.05) is 17.7 Å². The Labute approximate surface area is 230 Å². The molecule has 11 heteroatoms. The topological polar surface area (TPSA) is 125 Å². The first-order chi connectivity index (χ1) is 19.4. The number of nitrogens with one attached hydrogen (secondary N) is 4. The number of halogens is 1. The first-order valence-electron chi connectivity index (χ1n) is 13.6. The number of pyridine rings is 1. The molecular weight excluding hydrogens is 511 g/mol. The van der Waals surface area contributed by atoms with Gasteiger partial charge in [-0.05, 0) is 63.6 Å². The van der Waals surface area contributed by atoms with Crippen LogP contribution in [0, 0.1) is 12.7 Å². The first kappa shape index (κ1) is 25.7. The molecule has 4 aromatic rings. The van der Waals surface area contributed by atoms with Crippen LogP contribution in [0.1, 0.15) is 64.9 Å². The van der Waals surface area contributed by atoms with Crippen molar-refractivity contribution in [1.29, 1.82) is 0 Å². The maximum absolute atomic E-state index is 14.1. The number of hydrogen-bond acceptors (Lipinski definition) is 7. The van der Waals surface area contributed by atoms with E-state index in [4.69, 9.17) is 0 Å². The van der Waals surface area contributed by atoms with E-state index in [1.54, 1.807) is 0 Å².